The zero-order valence-electron chi connectivity index (χ0n) is 9.36. The molecule has 3 N–H and O–H groups in total. The molecule has 0 spiro atoms. The molecule has 0 radical (unpaired) electrons. The molecule has 0 unspecified atom stereocenters. The fraction of sp³-hybridized carbons (Fsp3) is 0.273. The van der Waals surface area contributed by atoms with Crippen molar-refractivity contribution >= 4 is 11.7 Å². The normalized spacial score (nSPS) is 11.0. The summed E-state index contributed by atoms with van der Waals surface area (Å²) >= 11 is 0. The summed E-state index contributed by atoms with van der Waals surface area (Å²) in [5, 5.41) is 3.82. The lowest BCUT2D eigenvalue weighted by Crippen LogP contribution is -2.25. The Morgan fingerprint density at radius 1 is 1.44 bits per heavy atom. The monoisotopic (exact) mass is 221 g/mol. The summed E-state index contributed by atoms with van der Waals surface area (Å²) in [6, 6.07) is 6.99. The summed E-state index contributed by atoms with van der Waals surface area (Å²) in [4.78, 5) is 10.4. The second-order valence-corrected chi connectivity index (χ2v) is 3.35. The first-order valence-corrected chi connectivity index (χ1v) is 4.83. The first-order chi connectivity index (χ1) is 7.61. The van der Waals surface area contributed by atoms with E-state index in [9.17, 15) is 4.79 Å². The highest BCUT2D eigenvalue weighted by Gasteiger charge is 1.98. The van der Waals surface area contributed by atoms with E-state index < -0.39 is 6.03 Å². The maximum absolute atomic E-state index is 10.4. The van der Waals surface area contributed by atoms with Crippen molar-refractivity contribution in [3.63, 3.8) is 0 Å². The van der Waals surface area contributed by atoms with Gasteiger partial charge in [0.25, 0.3) is 0 Å². The molecule has 2 amide bonds. The van der Waals surface area contributed by atoms with Gasteiger partial charge in [-0.25, -0.2) is 10.2 Å². The maximum Gasteiger partial charge on any atom is 0.332 e. The lowest BCUT2D eigenvalue weighted by Gasteiger charge is -2.03. The molecule has 1 aromatic carbocycles. The SMILES string of the molecule is COc1ccc(CC(C)=NNC(N)=O)cc1. The third-order valence-corrected chi connectivity index (χ3v) is 1.98. The maximum atomic E-state index is 10.4. The molecule has 0 heterocycles. The molecule has 1 rings (SSSR count). The van der Waals surface area contributed by atoms with Gasteiger partial charge in [-0.2, -0.15) is 5.10 Å². The van der Waals surface area contributed by atoms with Gasteiger partial charge in [-0.1, -0.05) is 12.1 Å². The van der Waals surface area contributed by atoms with Crippen LogP contribution in [0.25, 0.3) is 0 Å². The van der Waals surface area contributed by atoms with E-state index in [4.69, 9.17) is 10.5 Å². The number of hydrazone groups is 1. The molecular formula is C11H15N3O2. The van der Waals surface area contributed by atoms with Crippen LogP contribution in [-0.4, -0.2) is 18.9 Å². The van der Waals surface area contributed by atoms with Crippen LogP contribution in [0, 0.1) is 0 Å². The largest absolute Gasteiger partial charge is 0.497 e. The fourth-order valence-corrected chi connectivity index (χ4v) is 1.23. The van der Waals surface area contributed by atoms with Gasteiger partial charge >= 0.3 is 6.03 Å². The van der Waals surface area contributed by atoms with Crippen LogP contribution in [0.2, 0.25) is 0 Å². The van der Waals surface area contributed by atoms with Crippen molar-refractivity contribution in [2.45, 2.75) is 13.3 Å². The second kappa shape index (κ2) is 5.75. The fourth-order valence-electron chi connectivity index (χ4n) is 1.23. The molecule has 0 aliphatic carbocycles. The van der Waals surface area contributed by atoms with Gasteiger partial charge in [0.2, 0.25) is 0 Å². The van der Waals surface area contributed by atoms with Crippen molar-refractivity contribution in [3.05, 3.63) is 29.8 Å². The number of hydrogen-bond donors (Lipinski definition) is 2. The molecule has 0 atom stereocenters. The summed E-state index contributed by atoms with van der Waals surface area (Å²) in [5.41, 5.74) is 8.96. The van der Waals surface area contributed by atoms with Gasteiger partial charge in [0.1, 0.15) is 5.75 Å². The van der Waals surface area contributed by atoms with Gasteiger partial charge in [-0.3, -0.25) is 0 Å². The predicted molar refractivity (Wildman–Crippen MR) is 62.5 cm³/mol. The number of amides is 2. The smallest absolute Gasteiger partial charge is 0.332 e. The summed E-state index contributed by atoms with van der Waals surface area (Å²) in [6.45, 7) is 1.82. The molecule has 0 saturated carbocycles. The number of primary amides is 1. The van der Waals surface area contributed by atoms with Crippen molar-refractivity contribution in [1.29, 1.82) is 0 Å². The summed E-state index contributed by atoms with van der Waals surface area (Å²) < 4.78 is 5.05. The average Bonchev–Trinajstić information content (AvgIpc) is 2.27. The van der Waals surface area contributed by atoms with Crippen molar-refractivity contribution in [1.82, 2.24) is 5.43 Å². The quantitative estimate of drug-likeness (QED) is 0.593. The van der Waals surface area contributed by atoms with Crippen LogP contribution in [-0.2, 0) is 6.42 Å². The van der Waals surface area contributed by atoms with Crippen LogP contribution in [0.4, 0.5) is 4.79 Å². The Hall–Kier alpha value is -2.04. The number of nitrogens with two attached hydrogens (primary N) is 1. The topological polar surface area (TPSA) is 76.7 Å². The van der Waals surface area contributed by atoms with Gasteiger partial charge in [0.05, 0.1) is 7.11 Å². The van der Waals surface area contributed by atoms with E-state index >= 15 is 0 Å². The molecule has 1 aromatic rings. The minimum Gasteiger partial charge on any atom is -0.497 e. The Morgan fingerprint density at radius 3 is 2.56 bits per heavy atom. The van der Waals surface area contributed by atoms with Crippen molar-refractivity contribution < 1.29 is 9.53 Å². The van der Waals surface area contributed by atoms with Crippen LogP contribution in [0.5, 0.6) is 5.75 Å². The van der Waals surface area contributed by atoms with Crippen molar-refractivity contribution in [2.75, 3.05) is 7.11 Å². The second-order valence-electron chi connectivity index (χ2n) is 3.35. The van der Waals surface area contributed by atoms with Gasteiger partial charge in [-0.05, 0) is 24.6 Å². The summed E-state index contributed by atoms with van der Waals surface area (Å²) in [7, 11) is 1.62. The van der Waals surface area contributed by atoms with Crippen LogP contribution in [0.3, 0.4) is 0 Å². The van der Waals surface area contributed by atoms with Crippen molar-refractivity contribution in [2.24, 2.45) is 10.8 Å². The van der Waals surface area contributed by atoms with Crippen molar-refractivity contribution in [3.8, 4) is 5.75 Å². The van der Waals surface area contributed by atoms with E-state index in [1.54, 1.807) is 7.11 Å². The zero-order chi connectivity index (χ0) is 12.0. The third-order valence-electron chi connectivity index (χ3n) is 1.98. The number of carbonyl (C=O) groups is 1. The highest BCUT2D eigenvalue weighted by Crippen LogP contribution is 2.11. The Bertz CT molecular complexity index is 385. The van der Waals surface area contributed by atoms with E-state index in [0.717, 1.165) is 17.0 Å². The molecule has 0 bridgehead atoms. The molecule has 16 heavy (non-hydrogen) atoms. The van der Waals surface area contributed by atoms with Crippen LogP contribution in [0.1, 0.15) is 12.5 Å². The lowest BCUT2D eigenvalue weighted by atomic mass is 10.1. The first kappa shape index (κ1) is 12.0. The Kier molecular flexibility index (Phi) is 4.32. The average molecular weight is 221 g/mol. The summed E-state index contributed by atoms with van der Waals surface area (Å²) in [6.07, 6.45) is 0.657. The zero-order valence-corrected chi connectivity index (χ0v) is 9.36. The van der Waals surface area contributed by atoms with Gasteiger partial charge < -0.3 is 10.5 Å². The molecule has 0 aliphatic heterocycles. The molecule has 0 fully saturated rings. The highest BCUT2D eigenvalue weighted by molar-refractivity contribution is 5.85. The Balaban J connectivity index is 2.58. The summed E-state index contributed by atoms with van der Waals surface area (Å²) in [5.74, 6) is 0.814. The molecular weight excluding hydrogens is 206 g/mol. The van der Waals surface area contributed by atoms with E-state index in [2.05, 4.69) is 10.5 Å². The van der Waals surface area contributed by atoms with E-state index in [1.165, 1.54) is 0 Å². The number of methoxy groups -OCH3 is 1. The number of rotatable bonds is 4. The standard InChI is InChI=1S/C11H15N3O2/c1-8(13-14-11(12)15)7-9-3-5-10(16-2)6-4-9/h3-6H,7H2,1-2H3,(H3,12,14,15). The molecule has 86 valence electrons. The molecule has 0 aliphatic rings. The number of hydrogen-bond acceptors (Lipinski definition) is 3. The Morgan fingerprint density at radius 2 is 2.06 bits per heavy atom. The van der Waals surface area contributed by atoms with E-state index in [-0.39, 0.29) is 0 Å². The van der Waals surface area contributed by atoms with Gasteiger partial charge in [0.15, 0.2) is 0 Å². The molecule has 0 aromatic heterocycles. The minimum atomic E-state index is -0.658. The molecule has 0 saturated heterocycles. The number of nitrogens with one attached hydrogen (secondary N) is 1. The third kappa shape index (κ3) is 4.00. The minimum absolute atomic E-state index is 0.657. The highest BCUT2D eigenvalue weighted by atomic mass is 16.5. The molecule has 5 heteroatoms. The van der Waals surface area contributed by atoms with E-state index in [1.807, 2.05) is 31.2 Å². The Labute approximate surface area is 94.3 Å². The van der Waals surface area contributed by atoms with E-state index in [0.29, 0.717) is 6.42 Å². The predicted octanol–water partition coefficient (Wildman–Crippen LogP) is 1.28. The van der Waals surface area contributed by atoms with Gasteiger partial charge in [-0.15, -0.1) is 0 Å². The number of carbonyl (C=O) groups excluding carboxylic acids is 1. The lowest BCUT2D eigenvalue weighted by molar-refractivity contribution is 0.249. The number of benzene rings is 1. The number of ether oxygens (including phenoxy) is 1. The number of urea groups is 1. The first-order valence-electron chi connectivity index (χ1n) is 4.83. The van der Waals surface area contributed by atoms with Gasteiger partial charge in [0, 0.05) is 12.1 Å². The van der Waals surface area contributed by atoms with Crippen LogP contribution in [0.15, 0.2) is 29.4 Å². The van der Waals surface area contributed by atoms with Crippen LogP contribution < -0.4 is 15.9 Å². The van der Waals surface area contributed by atoms with Crippen LogP contribution >= 0.6 is 0 Å². The number of nitrogens with zero attached hydrogens (tertiary/aromatic N) is 1. The molecule has 5 nitrogen and oxygen atoms in total.